The number of rotatable bonds is 3. The van der Waals surface area contributed by atoms with E-state index in [-0.39, 0.29) is 0 Å². The molecule has 0 aromatic carbocycles. The second-order valence-electron chi connectivity index (χ2n) is 2.11. The van der Waals surface area contributed by atoms with Gasteiger partial charge in [-0.2, -0.15) is 5.26 Å². The van der Waals surface area contributed by atoms with E-state index in [0.29, 0.717) is 6.42 Å². The normalized spacial score (nSPS) is 11.4. The van der Waals surface area contributed by atoms with Crippen LogP contribution < -0.4 is 5.32 Å². The first-order chi connectivity index (χ1) is 5.24. The van der Waals surface area contributed by atoms with Crippen LogP contribution in [0.2, 0.25) is 0 Å². The molecule has 0 aliphatic carbocycles. The topological polar surface area (TPSA) is 62.1 Å². The Bertz CT molecular complexity index is 162. The lowest BCUT2D eigenvalue weighted by atomic mass is 10.2. The Hall–Kier alpha value is -1.24. The summed E-state index contributed by atoms with van der Waals surface area (Å²) in [5, 5.41) is 10.9. The predicted molar refractivity (Wildman–Crippen MR) is 39.8 cm³/mol. The number of alkyl carbamates (subject to hydrolysis) is 1. The van der Waals surface area contributed by atoms with Gasteiger partial charge in [0.25, 0.3) is 0 Å². The average Bonchev–Trinajstić information content (AvgIpc) is 2.03. The molecule has 0 spiro atoms. The SMILES string of the molecule is CCC[C@@H](C#N)NC(=O)OC. The monoisotopic (exact) mass is 156 g/mol. The maximum atomic E-state index is 10.6. The van der Waals surface area contributed by atoms with Crippen LogP contribution in [0.5, 0.6) is 0 Å². The third-order valence-electron chi connectivity index (χ3n) is 1.21. The first kappa shape index (κ1) is 9.76. The van der Waals surface area contributed by atoms with Crippen LogP contribution in [0.15, 0.2) is 0 Å². The number of carbonyl (C=O) groups excluding carboxylic acids is 1. The lowest BCUT2D eigenvalue weighted by Crippen LogP contribution is -2.33. The van der Waals surface area contributed by atoms with E-state index in [1.165, 1.54) is 7.11 Å². The molecular weight excluding hydrogens is 144 g/mol. The number of carbonyl (C=O) groups is 1. The second kappa shape index (κ2) is 5.54. The molecule has 0 fully saturated rings. The van der Waals surface area contributed by atoms with Gasteiger partial charge >= 0.3 is 6.09 Å². The van der Waals surface area contributed by atoms with Crippen molar-refractivity contribution in [1.82, 2.24) is 5.32 Å². The van der Waals surface area contributed by atoms with Crippen molar-refractivity contribution in [3.05, 3.63) is 0 Å². The molecule has 0 bridgehead atoms. The highest BCUT2D eigenvalue weighted by Crippen LogP contribution is 1.94. The molecule has 1 atom stereocenters. The number of amides is 1. The van der Waals surface area contributed by atoms with E-state index >= 15 is 0 Å². The zero-order valence-electron chi connectivity index (χ0n) is 6.76. The number of nitrogens with one attached hydrogen (secondary N) is 1. The Morgan fingerprint density at radius 3 is 2.82 bits per heavy atom. The first-order valence-corrected chi connectivity index (χ1v) is 3.48. The molecule has 11 heavy (non-hydrogen) atoms. The fraction of sp³-hybridized carbons (Fsp3) is 0.714. The summed E-state index contributed by atoms with van der Waals surface area (Å²) in [7, 11) is 1.27. The van der Waals surface area contributed by atoms with Crippen LogP contribution in [0, 0.1) is 11.3 Å². The molecule has 0 heterocycles. The maximum Gasteiger partial charge on any atom is 0.407 e. The van der Waals surface area contributed by atoms with Gasteiger partial charge in [-0.3, -0.25) is 0 Å². The number of ether oxygens (including phenoxy) is 1. The quantitative estimate of drug-likeness (QED) is 0.663. The molecule has 4 nitrogen and oxygen atoms in total. The van der Waals surface area contributed by atoms with Crippen LogP contribution in [0.3, 0.4) is 0 Å². The highest BCUT2D eigenvalue weighted by Gasteiger charge is 2.08. The van der Waals surface area contributed by atoms with Crippen molar-refractivity contribution in [2.24, 2.45) is 0 Å². The summed E-state index contributed by atoms with van der Waals surface area (Å²) >= 11 is 0. The van der Waals surface area contributed by atoms with Gasteiger partial charge in [0, 0.05) is 0 Å². The highest BCUT2D eigenvalue weighted by atomic mass is 16.5. The maximum absolute atomic E-state index is 10.6. The van der Waals surface area contributed by atoms with E-state index in [1.54, 1.807) is 0 Å². The molecule has 0 saturated carbocycles. The fourth-order valence-electron chi connectivity index (χ4n) is 0.659. The second-order valence-corrected chi connectivity index (χ2v) is 2.11. The molecule has 0 aliphatic rings. The lowest BCUT2D eigenvalue weighted by Gasteiger charge is -2.07. The summed E-state index contributed by atoms with van der Waals surface area (Å²) in [5.41, 5.74) is 0. The Labute approximate surface area is 66.1 Å². The van der Waals surface area contributed by atoms with Crippen LogP contribution in [0.25, 0.3) is 0 Å². The van der Waals surface area contributed by atoms with Gasteiger partial charge in [0.15, 0.2) is 0 Å². The van der Waals surface area contributed by atoms with Crippen LogP contribution in [-0.2, 0) is 4.74 Å². The third kappa shape index (κ3) is 4.20. The Morgan fingerprint density at radius 1 is 1.82 bits per heavy atom. The Morgan fingerprint density at radius 2 is 2.45 bits per heavy atom. The summed E-state index contributed by atoms with van der Waals surface area (Å²) in [5.74, 6) is 0. The van der Waals surface area contributed by atoms with E-state index in [1.807, 2.05) is 13.0 Å². The summed E-state index contributed by atoms with van der Waals surface area (Å²) in [4.78, 5) is 10.6. The standard InChI is InChI=1S/C7H12N2O2/c1-3-4-6(5-8)9-7(10)11-2/h6H,3-4H2,1-2H3,(H,9,10)/t6-/m0/s1. The van der Waals surface area contributed by atoms with Crippen LogP contribution in [-0.4, -0.2) is 19.2 Å². The van der Waals surface area contributed by atoms with Crippen molar-refractivity contribution in [2.75, 3.05) is 7.11 Å². The zero-order chi connectivity index (χ0) is 8.69. The number of nitriles is 1. The molecule has 0 aromatic rings. The number of hydrogen-bond donors (Lipinski definition) is 1. The highest BCUT2D eigenvalue weighted by molar-refractivity contribution is 5.67. The number of methoxy groups -OCH3 is 1. The van der Waals surface area contributed by atoms with Crippen LogP contribution in [0.4, 0.5) is 4.79 Å². The van der Waals surface area contributed by atoms with Gasteiger partial charge in [0.2, 0.25) is 0 Å². The molecule has 0 rings (SSSR count). The van der Waals surface area contributed by atoms with E-state index in [4.69, 9.17) is 5.26 Å². The fourth-order valence-corrected chi connectivity index (χ4v) is 0.659. The smallest absolute Gasteiger partial charge is 0.407 e. The van der Waals surface area contributed by atoms with Gasteiger partial charge in [-0.05, 0) is 6.42 Å². The van der Waals surface area contributed by atoms with Gasteiger partial charge in [0.05, 0.1) is 13.2 Å². The van der Waals surface area contributed by atoms with Crippen molar-refractivity contribution < 1.29 is 9.53 Å². The Balaban J connectivity index is 3.70. The minimum absolute atomic E-state index is 0.424. The van der Waals surface area contributed by atoms with Crippen LogP contribution in [0.1, 0.15) is 19.8 Å². The van der Waals surface area contributed by atoms with Crippen molar-refractivity contribution in [2.45, 2.75) is 25.8 Å². The molecule has 1 N–H and O–H groups in total. The van der Waals surface area contributed by atoms with Gasteiger partial charge in [-0.15, -0.1) is 0 Å². The largest absolute Gasteiger partial charge is 0.453 e. The number of nitrogens with zero attached hydrogens (tertiary/aromatic N) is 1. The van der Waals surface area contributed by atoms with Crippen molar-refractivity contribution >= 4 is 6.09 Å². The van der Waals surface area contributed by atoms with Crippen molar-refractivity contribution in [1.29, 1.82) is 5.26 Å². The van der Waals surface area contributed by atoms with Gasteiger partial charge in [-0.25, -0.2) is 4.79 Å². The summed E-state index contributed by atoms with van der Waals surface area (Å²) < 4.78 is 4.33. The molecule has 1 amide bonds. The Kier molecular flexibility index (Phi) is 4.91. The molecule has 4 heteroatoms. The average molecular weight is 156 g/mol. The lowest BCUT2D eigenvalue weighted by molar-refractivity contribution is 0.168. The summed E-state index contributed by atoms with van der Waals surface area (Å²) in [6, 6.07) is 1.53. The zero-order valence-corrected chi connectivity index (χ0v) is 6.76. The van der Waals surface area contributed by atoms with Gasteiger partial charge < -0.3 is 10.1 Å². The minimum atomic E-state index is -0.551. The minimum Gasteiger partial charge on any atom is -0.453 e. The van der Waals surface area contributed by atoms with Gasteiger partial charge in [0.1, 0.15) is 6.04 Å². The molecular formula is C7H12N2O2. The molecule has 0 aromatic heterocycles. The summed E-state index contributed by atoms with van der Waals surface area (Å²) in [6.07, 6.45) is 0.971. The van der Waals surface area contributed by atoms with Gasteiger partial charge in [-0.1, -0.05) is 13.3 Å². The van der Waals surface area contributed by atoms with E-state index in [0.717, 1.165) is 6.42 Å². The van der Waals surface area contributed by atoms with E-state index in [2.05, 4.69) is 10.1 Å². The molecule has 0 radical (unpaired) electrons. The van der Waals surface area contributed by atoms with E-state index in [9.17, 15) is 4.79 Å². The van der Waals surface area contributed by atoms with Crippen molar-refractivity contribution in [3.8, 4) is 6.07 Å². The number of hydrogen-bond acceptors (Lipinski definition) is 3. The van der Waals surface area contributed by atoms with Crippen LogP contribution >= 0.6 is 0 Å². The van der Waals surface area contributed by atoms with Crippen molar-refractivity contribution in [3.63, 3.8) is 0 Å². The molecule has 0 saturated heterocycles. The first-order valence-electron chi connectivity index (χ1n) is 3.48. The summed E-state index contributed by atoms with van der Waals surface area (Å²) in [6.45, 7) is 1.95. The van der Waals surface area contributed by atoms with E-state index < -0.39 is 12.1 Å². The third-order valence-corrected chi connectivity index (χ3v) is 1.21. The predicted octanol–water partition coefficient (Wildman–Crippen LogP) is 1.03. The molecule has 0 aliphatic heterocycles. The molecule has 62 valence electrons. The molecule has 0 unspecified atom stereocenters.